The van der Waals surface area contributed by atoms with Crippen molar-refractivity contribution in [2.24, 2.45) is 5.92 Å². The van der Waals surface area contributed by atoms with Gasteiger partial charge in [-0.15, -0.1) is 0 Å². The summed E-state index contributed by atoms with van der Waals surface area (Å²) in [4.78, 5) is 0. The summed E-state index contributed by atoms with van der Waals surface area (Å²) in [5, 5.41) is 6.21. The van der Waals surface area contributed by atoms with E-state index in [-0.39, 0.29) is 0 Å². The van der Waals surface area contributed by atoms with Crippen LogP contribution in [-0.4, -0.2) is 8.07 Å². The Morgan fingerprint density at radius 3 is 1.06 bits per heavy atom. The predicted molar refractivity (Wildman–Crippen MR) is 226 cm³/mol. The average Bonchev–Trinajstić information content (AvgIpc) is 3.32. The summed E-state index contributed by atoms with van der Waals surface area (Å²) in [5.74, 6) is 0.331. The van der Waals surface area contributed by atoms with E-state index in [9.17, 15) is 0 Å². The maximum absolute atomic E-state index is 3.00. The molecule has 0 aliphatic heterocycles. The highest BCUT2D eigenvalue weighted by Gasteiger charge is 2.50. The summed E-state index contributed by atoms with van der Waals surface area (Å²) in [7, 11) is -3.00. The topological polar surface area (TPSA) is 0 Å². The van der Waals surface area contributed by atoms with Crippen molar-refractivity contribution in [1.82, 2.24) is 0 Å². The average molecular weight is 693 g/mol. The van der Waals surface area contributed by atoms with Crippen LogP contribution in [0.3, 0.4) is 0 Å². The van der Waals surface area contributed by atoms with Crippen molar-refractivity contribution in [3.8, 4) is 0 Å². The maximum Gasteiger partial charge on any atom is 0.177 e. The van der Waals surface area contributed by atoms with Crippen LogP contribution in [0, 0.1) is 26.7 Å². The molecule has 0 N–H and O–H groups in total. The summed E-state index contributed by atoms with van der Waals surface area (Å²) >= 11 is 0. The second kappa shape index (κ2) is 14.9. The lowest BCUT2D eigenvalue weighted by Crippen LogP contribution is -2.71. The second-order valence-electron chi connectivity index (χ2n) is 15.3. The fourth-order valence-corrected chi connectivity index (χ4v) is 15.4. The first-order chi connectivity index (χ1) is 25.2. The first-order valence-electron chi connectivity index (χ1n) is 19.0. The molecule has 1 atom stereocenters. The summed E-state index contributed by atoms with van der Waals surface area (Å²) in [6.07, 6.45) is 2.70. The Balaban J connectivity index is 1.61. The monoisotopic (exact) mass is 692 g/mol. The normalized spacial score (nSPS) is 14.7. The fraction of sp³-hybridized carbons (Fsp3) is 0.216. The van der Waals surface area contributed by atoms with Gasteiger partial charge in [0.15, 0.2) is 8.07 Å². The largest absolute Gasteiger partial charge is 0.177 e. The summed E-state index contributed by atoms with van der Waals surface area (Å²) in [6, 6.07) is 55.9. The van der Waals surface area contributed by atoms with Crippen molar-refractivity contribution >= 4 is 23.6 Å². The highest BCUT2D eigenvalue weighted by atomic mass is 28.3. The number of hydrogen-bond donors (Lipinski definition) is 0. The lowest BCUT2D eigenvalue weighted by Gasteiger charge is -2.42. The molecule has 260 valence electrons. The van der Waals surface area contributed by atoms with Gasteiger partial charge in [-0.05, 0) is 121 Å². The van der Waals surface area contributed by atoms with Gasteiger partial charge in [0.25, 0.3) is 0 Å². The molecule has 7 rings (SSSR count). The highest BCUT2D eigenvalue weighted by Crippen LogP contribution is 2.42. The van der Waals surface area contributed by atoms with Gasteiger partial charge in [0.1, 0.15) is 0 Å². The van der Waals surface area contributed by atoms with Crippen LogP contribution < -0.4 is 15.6 Å². The van der Waals surface area contributed by atoms with E-state index in [1.54, 1.807) is 5.20 Å². The molecule has 0 nitrogen and oxygen atoms in total. The molecule has 0 fully saturated rings. The maximum atomic E-state index is 2.51. The highest BCUT2D eigenvalue weighted by molar-refractivity contribution is 7.17. The Kier molecular flexibility index (Phi) is 10.2. The van der Waals surface area contributed by atoms with Gasteiger partial charge in [0.2, 0.25) is 0 Å². The summed E-state index contributed by atoms with van der Waals surface area (Å²) < 4.78 is 0. The van der Waals surface area contributed by atoms with Gasteiger partial charge in [0.05, 0.1) is 0 Å². The zero-order valence-electron chi connectivity index (χ0n) is 32.1. The second-order valence-corrected chi connectivity index (χ2v) is 18.9. The molecule has 0 bridgehead atoms. The molecule has 0 saturated carbocycles. The molecule has 0 amide bonds. The third-order valence-corrected chi connectivity index (χ3v) is 17.2. The van der Waals surface area contributed by atoms with Gasteiger partial charge < -0.3 is 0 Å². The number of allylic oxidation sites excluding steroid dienone is 4. The van der Waals surface area contributed by atoms with Gasteiger partial charge in [-0.25, -0.2) is 0 Å². The molecule has 0 aromatic heterocycles. The first kappa shape index (κ1) is 35.4. The Bertz CT molecular complexity index is 2100. The van der Waals surface area contributed by atoms with Crippen molar-refractivity contribution in [2.45, 2.75) is 67.7 Å². The minimum atomic E-state index is -3.00. The number of hydrogen-bond acceptors (Lipinski definition) is 0. The van der Waals surface area contributed by atoms with Gasteiger partial charge in [-0.1, -0.05) is 186 Å². The van der Waals surface area contributed by atoms with Gasteiger partial charge in [0, 0.05) is 0 Å². The molecule has 1 aliphatic carbocycles. The predicted octanol–water partition coefficient (Wildman–Crippen LogP) is 10.7. The Labute approximate surface area is 313 Å². The van der Waals surface area contributed by atoms with Gasteiger partial charge >= 0.3 is 0 Å². The first-order valence-corrected chi connectivity index (χ1v) is 21.0. The van der Waals surface area contributed by atoms with Crippen molar-refractivity contribution in [3.05, 3.63) is 218 Å². The molecule has 0 spiro atoms. The Morgan fingerprint density at radius 1 is 0.404 bits per heavy atom. The Hall–Kier alpha value is -4.98. The lowest BCUT2D eigenvalue weighted by molar-refractivity contribution is 0.851. The molecule has 6 aromatic carbocycles. The Morgan fingerprint density at radius 2 is 0.750 bits per heavy atom. The quantitative estimate of drug-likeness (QED) is 0.0990. The number of aryl methyl sites for hydroxylation is 3. The van der Waals surface area contributed by atoms with Crippen LogP contribution >= 0.6 is 0 Å². The van der Waals surface area contributed by atoms with E-state index in [1.807, 2.05) is 0 Å². The van der Waals surface area contributed by atoms with Crippen molar-refractivity contribution in [1.29, 1.82) is 0 Å². The van der Waals surface area contributed by atoms with Crippen LogP contribution in [0.2, 0.25) is 0 Å². The molecule has 0 radical (unpaired) electrons. The van der Waals surface area contributed by atoms with Crippen molar-refractivity contribution in [2.75, 3.05) is 0 Å². The molecule has 1 aliphatic rings. The lowest BCUT2D eigenvalue weighted by atomic mass is 10.0. The zero-order valence-corrected chi connectivity index (χ0v) is 33.1. The summed E-state index contributed by atoms with van der Waals surface area (Å²) in [5.41, 5.74) is 16.8. The molecule has 6 aromatic rings. The van der Waals surface area contributed by atoms with Gasteiger partial charge in [-0.2, -0.15) is 0 Å². The van der Waals surface area contributed by atoms with Crippen LogP contribution in [0.1, 0.15) is 77.8 Å². The molecule has 1 unspecified atom stereocenters. The van der Waals surface area contributed by atoms with E-state index in [4.69, 9.17) is 0 Å². The van der Waals surface area contributed by atoms with E-state index in [1.165, 1.54) is 82.4 Å². The van der Waals surface area contributed by atoms with Crippen molar-refractivity contribution in [3.63, 3.8) is 0 Å². The van der Waals surface area contributed by atoms with Crippen molar-refractivity contribution < 1.29 is 0 Å². The molecule has 0 heterocycles. The van der Waals surface area contributed by atoms with E-state index in [0.717, 1.165) is 19.3 Å². The molecule has 1 heteroatoms. The van der Waals surface area contributed by atoms with E-state index in [2.05, 4.69) is 194 Å². The smallest absolute Gasteiger partial charge is 0.0636 e. The third-order valence-electron chi connectivity index (χ3n) is 11.7. The number of benzene rings is 6. The van der Waals surface area contributed by atoms with Crippen LogP contribution in [0.4, 0.5) is 0 Å². The van der Waals surface area contributed by atoms with Gasteiger partial charge in [-0.3, -0.25) is 0 Å². The molecule has 52 heavy (non-hydrogen) atoms. The minimum absolute atomic E-state index is 0.331. The minimum Gasteiger partial charge on any atom is -0.0636 e. The fourth-order valence-electron chi connectivity index (χ4n) is 9.09. The molecule has 0 saturated heterocycles. The van der Waals surface area contributed by atoms with Crippen LogP contribution in [-0.2, 0) is 19.3 Å². The molecular formula is C51H52Si. The zero-order chi connectivity index (χ0) is 36.4. The van der Waals surface area contributed by atoms with Crippen LogP contribution in [0.15, 0.2) is 168 Å². The molecular weight excluding hydrogens is 641 g/mol. The van der Waals surface area contributed by atoms with E-state index in [0.29, 0.717) is 5.92 Å². The number of rotatable bonds is 10. The van der Waals surface area contributed by atoms with Crippen LogP contribution in [0.5, 0.6) is 0 Å². The SMILES string of the molecule is CC1=C(C)C(C)C([Si](c2ccccc2Cc2cccc(C)c2)(c2ccccc2Cc2cccc(C)c2)c2ccccc2Cc2cccc(C)c2)=C1C. The van der Waals surface area contributed by atoms with E-state index >= 15 is 0 Å². The third kappa shape index (κ3) is 6.71. The van der Waals surface area contributed by atoms with Crippen LogP contribution in [0.25, 0.3) is 0 Å². The van der Waals surface area contributed by atoms with E-state index < -0.39 is 8.07 Å². The summed E-state index contributed by atoms with van der Waals surface area (Å²) in [6.45, 7) is 16.3. The standard InChI is InChI=1S/C51H52Si/c1-35-17-14-20-42(29-35)32-45-23-8-11-26-48(45)52(51-40(6)38(4)39(5)41(51)7,49-27-12-9-24-46(49)33-43-21-15-18-36(2)30-43)50-28-13-10-25-47(50)34-44-22-16-19-37(3)31-44/h8-31,40H,32-34H2,1-7H3.